The highest BCUT2D eigenvalue weighted by atomic mass is 32.2. The molecule has 2 aromatic rings. The summed E-state index contributed by atoms with van der Waals surface area (Å²) in [6.07, 6.45) is 2.46. The molecular weight excluding hydrogens is 350 g/mol. The molecule has 1 saturated heterocycles. The second-order valence-corrected chi connectivity index (χ2v) is 8.53. The molecule has 2 aliphatic heterocycles. The Morgan fingerprint density at radius 1 is 1.08 bits per heavy atom. The summed E-state index contributed by atoms with van der Waals surface area (Å²) in [5.74, 6) is 1.66. The van der Waals surface area contributed by atoms with E-state index in [-0.39, 0.29) is 12.7 Å². The summed E-state index contributed by atoms with van der Waals surface area (Å²) in [7, 11) is -3.42. The Morgan fingerprint density at radius 3 is 2.65 bits per heavy atom. The van der Waals surface area contributed by atoms with Gasteiger partial charge in [0.2, 0.25) is 16.8 Å². The first-order valence-corrected chi connectivity index (χ1v) is 10.2. The molecule has 0 bridgehead atoms. The van der Waals surface area contributed by atoms with Gasteiger partial charge in [-0.2, -0.15) is 4.31 Å². The molecule has 6 heteroatoms. The van der Waals surface area contributed by atoms with Gasteiger partial charge in [0.15, 0.2) is 11.5 Å². The maximum atomic E-state index is 12.6. The predicted molar refractivity (Wildman–Crippen MR) is 101 cm³/mol. The van der Waals surface area contributed by atoms with Crippen LogP contribution in [0.5, 0.6) is 11.5 Å². The number of ether oxygens (including phenoxy) is 2. The van der Waals surface area contributed by atoms with Gasteiger partial charge in [0.1, 0.15) is 0 Å². The van der Waals surface area contributed by atoms with Gasteiger partial charge < -0.3 is 9.47 Å². The van der Waals surface area contributed by atoms with Crippen LogP contribution in [0.2, 0.25) is 0 Å². The van der Waals surface area contributed by atoms with Crippen LogP contribution in [0.3, 0.4) is 0 Å². The standard InChI is InChI=1S/C20H21NO4S/c1-15-2-4-16(5-3-15)9-11-26(22,23)21-10-8-18(13-21)17-6-7-19-20(12-17)25-14-24-19/h2-7,9,11-12,18H,8,10,13-14H2,1H3/b11-9+. The minimum atomic E-state index is -3.42. The molecule has 2 aromatic carbocycles. The number of sulfonamides is 1. The SMILES string of the molecule is Cc1ccc(/C=C/S(=O)(=O)N2CCC(c3ccc4c(c3)OCO4)C2)cc1. The van der Waals surface area contributed by atoms with E-state index in [0.717, 1.165) is 34.6 Å². The third-order valence-corrected chi connectivity index (χ3v) is 6.42. The molecule has 0 N–H and O–H groups in total. The van der Waals surface area contributed by atoms with Crippen LogP contribution in [0.15, 0.2) is 47.9 Å². The molecular formula is C20H21NO4S. The molecule has 26 heavy (non-hydrogen) atoms. The summed E-state index contributed by atoms with van der Waals surface area (Å²) < 4.78 is 37.6. The number of benzene rings is 2. The van der Waals surface area contributed by atoms with Crippen molar-refractivity contribution >= 4 is 16.1 Å². The third-order valence-electron chi connectivity index (χ3n) is 4.89. The van der Waals surface area contributed by atoms with Gasteiger partial charge >= 0.3 is 0 Å². The first kappa shape index (κ1) is 17.1. The van der Waals surface area contributed by atoms with Crippen LogP contribution in [0.4, 0.5) is 0 Å². The molecule has 1 atom stereocenters. The van der Waals surface area contributed by atoms with E-state index in [2.05, 4.69) is 0 Å². The quantitative estimate of drug-likeness (QED) is 0.825. The molecule has 5 nitrogen and oxygen atoms in total. The molecule has 136 valence electrons. The van der Waals surface area contributed by atoms with Crippen LogP contribution >= 0.6 is 0 Å². The molecule has 2 aliphatic rings. The van der Waals surface area contributed by atoms with E-state index in [4.69, 9.17) is 9.47 Å². The third kappa shape index (κ3) is 3.48. The highest BCUT2D eigenvalue weighted by Crippen LogP contribution is 2.37. The Hall–Kier alpha value is -2.31. The summed E-state index contributed by atoms with van der Waals surface area (Å²) in [4.78, 5) is 0. The Bertz CT molecular complexity index is 935. The maximum absolute atomic E-state index is 12.6. The summed E-state index contributed by atoms with van der Waals surface area (Å²) in [6.45, 7) is 3.26. The van der Waals surface area contributed by atoms with Gasteiger partial charge in [-0.05, 0) is 48.6 Å². The van der Waals surface area contributed by atoms with Gasteiger partial charge in [-0.1, -0.05) is 35.9 Å². The molecule has 0 aromatic heterocycles. The first-order valence-electron chi connectivity index (χ1n) is 8.66. The molecule has 1 fully saturated rings. The van der Waals surface area contributed by atoms with Crippen molar-refractivity contribution in [3.8, 4) is 11.5 Å². The van der Waals surface area contributed by atoms with Crippen molar-refractivity contribution in [2.45, 2.75) is 19.3 Å². The lowest BCUT2D eigenvalue weighted by atomic mass is 9.98. The lowest BCUT2D eigenvalue weighted by molar-refractivity contribution is 0.174. The van der Waals surface area contributed by atoms with Crippen molar-refractivity contribution in [1.29, 1.82) is 0 Å². The van der Waals surface area contributed by atoms with E-state index >= 15 is 0 Å². The molecule has 0 spiro atoms. The number of fused-ring (bicyclic) bond motifs is 1. The average molecular weight is 371 g/mol. The second kappa shape index (κ2) is 6.78. The molecule has 0 amide bonds. The van der Waals surface area contributed by atoms with E-state index in [1.54, 1.807) is 10.4 Å². The van der Waals surface area contributed by atoms with Crippen LogP contribution in [-0.4, -0.2) is 32.6 Å². The second-order valence-electron chi connectivity index (χ2n) is 6.71. The fraction of sp³-hybridized carbons (Fsp3) is 0.300. The van der Waals surface area contributed by atoms with E-state index in [1.807, 2.05) is 49.4 Å². The Kier molecular flexibility index (Phi) is 4.46. The van der Waals surface area contributed by atoms with Gasteiger partial charge in [-0.25, -0.2) is 8.42 Å². The van der Waals surface area contributed by atoms with Crippen molar-refractivity contribution in [2.75, 3.05) is 19.9 Å². The first-order chi connectivity index (χ1) is 12.5. The smallest absolute Gasteiger partial charge is 0.236 e. The number of hydrogen-bond donors (Lipinski definition) is 0. The summed E-state index contributed by atoms with van der Waals surface area (Å²) in [5, 5.41) is 1.31. The lowest BCUT2D eigenvalue weighted by Crippen LogP contribution is -2.26. The average Bonchev–Trinajstić information content (AvgIpc) is 3.30. The monoisotopic (exact) mass is 371 g/mol. The number of hydrogen-bond acceptors (Lipinski definition) is 4. The summed E-state index contributed by atoms with van der Waals surface area (Å²) in [6, 6.07) is 13.6. The van der Waals surface area contributed by atoms with Crippen molar-refractivity contribution in [3.05, 3.63) is 64.6 Å². The topological polar surface area (TPSA) is 55.8 Å². The molecule has 0 aliphatic carbocycles. The zero-order valence-corrected chi connectivity index (χ0v) is 15.4. The normalized spacial score (nSPS) is 20.1. The van der Waals surface area contributed by atoms with E-state index in [1.165, 1.54) is 5.41 Å². The van der Waals surface area contributed by atoms with Crippen LogP contribution < -0.4 is 9.47 Å². The van der Waals surface area contributed by atoms with Gasteiger partial charge in [0.05, 0.1) is 0 Å². The molecule has 0 saturated carbocycles. The maximum Gasteiger partial charge on any atom is 0.236 e. The van der Waals surface area contributed by atoms with E-state index in [9.17, 15) is 8.42 Å². The number of aryl methyl sites for hydroxylation is 1. The van der Waals surface area contributed by atoms with Crippen LogP contribution in [-0.2, 0) is 10.0 Å². The zero-order chi connectivity index (χ0) is 18.1. The van der Waals surface area contributed by atoms with E-state index < -0.39 is 10.0 Å². The Morgan fingerprint density at radius 2 is 1.85 bits per heavy atom. The predicted octanol–water partition coefficient (Wildman–Crippen LogP) is 3.51. The minimum Gasteiger partial charge on any atom is -0.454 e. The summed E-state index contributed by atoms with van der Waals surface area (Å²) in [5.41, 5.74) is 3.12. The van der Waals surface area contributed by atoms with Crippen molar-refractivity contribution < 1.29 is 17.9 Å². The fourth-order valence-electron chi connectivity index (χ4n) is 3.33. The largest absolute Gasteiger partial charge is 0.454 e. The highest BCUT2D eigenvalue weighted by molar-refractivity contribution is 7.92. The number of nitrogens with zero attached hydrogens (tertiary/aromatic N) is 1. The number of rotatable bonds is 4. The van der Waals surface area contributed by atoms with Crippen LogP contribution in [0.25, 0.3) is 6.08 Å². The lowest BCUT2D eigenvalue weighted by Gasteiger charge is -2.14. The van der Waals surface area contributed by atoms with Crippen molar-refractivity contribution in [3.63, 3.8) is 0 Å². The van der Waals surface area contributed by atoms with Gasteiger partial charge in [-0.15, -0.1) is 0 Å². The minimum absolute atomic E-state index is 0.173. The molecule has 0 radical (unpaired) electrons. The zero-order valence-electron chi connectivity index (χ0n) is 14.6. The summed E-state index contributed by atoms with van der Waals surface area (Å²) >= 11 is 0. The van der Waals surface area contributed by atoms with Crippen molar-refractivity contribution in [1.82, 2.24) is 4.31 Å². The molecule has 1 unspecified atom stereocenters. The van der Waals surface area contributed by atoms with Gasteiger partial charge in [0.25, 0.3) is 0 Å². The van der Waals surface area contributed by atoms with E-state index in [0.29, 0.717) is 13.1 Å². The fourth-order valence-corrected chi connectivity index (χ4v) is 4.58. The van der Waals surface area contributed by atoms with Gasteiger partial charge in [0, 0.05) is 18.5 Å². The van der Waals surface area contributed by atoms with Crippen molar-refractivity contribution in [2.24, 2.45) is 0 Å². The highest BCUT2D eigenvalue weighted by Gasteiger charge is 2.31. The van der Waals surface area contributed by atoms with Crippen LogP contribution in [0, 0.1) is 6.92 Å². The Labute approximate surface area is 153 Å². The van der Waals surface area contributed by atoms with Gasteiger partial charge in [-0.3, -0.25) is 0 Å². The molecule has 4 rings (SSSR count). The molecule has 2 heterocycles. The Balaban J connectivity index is 1.46. The van der Waals surface area contributed by atoms with Crippen LogP contribution in [0.1, 0.15) is 29.0 Å².